The molecule has 1 rings (SSSR count). The molecule has 0 aliphatic rings. The zero-order chi connectivity index (χ0) is 17.4. The number of benzene rings is 1. The van der Waals surface area contributed by atoms with E-state index in [2.05, 4.69) is 0 Å². The molecule has 0 bridgehead atoms. The van der Waals surface area contributed by atoms with E-state index in [-0.39, 0.29) is 18.0 Å². The Kier molecular flexibility index (Phi) is 6.94. The minimum absolute atomic E-state index is 0.0409. The summed E-state index contributed by atoms with van der Waals surface area (Å²) in [6.07, 6.45) is 2.42. The summed E-state index contributed by atoms with van der Waals surface area (Å²) in [7, 11) is 0. The maximum Gasteiger partial charge on any atom is 0.306 e. The van der Waals surface area contributed by atoms with Gasteiger partial charge < -0.3 is 4.74 Å². The zero-order valence-corrected chi connectivity index (χ0v) is 13.6. The van der Waals surface area contributed by atoms with Gasteiger partial charge >= 0.3 is 5.97 Å². The minimum atomic E-state index is -0.471. The summed E-state index contributed by atoms with van der Waals surface area (Å²) >= 11 is 0. The van der Waals surface area contributed by atoms with Gasteiger partial charge in [-0.05, 0) is 31.2 Å². The van der Waals surface area contributed by atoms with Crippen molar-refractivity contribution in [2.45, 2.75) is 33.6 Å². The molecule has 1 aromatic rings. The van der Waals surface area contributed by atoms with Gasteiger partial charge in [-0.1, -0.05) is 13.8 Å². The first-order valence-corrected chi connectivity index (χ1v) is 7.51. The van der Waals surface area contributed by atoms with Crippen molar-refractivity contribution in [2.75, 3.05) is 11.5 Å². The number of nitrogens with zero attached hydrogens (tertiary/aromatic N) is 2. The number of ketones is 1. The fourth-order valence-corrected chi connectivity index (χ4v) is 2.05. The number of nitriles is 1. The molecule has 1 atom stereocenters. The monoisotopic (exact) mass is 315 g/mol. The number of nitrogens with one attached hydrogen (secondary N) is 1. The van der Waals surface area contributed by atoms with Gasteiger partial charge in [0.05, 0.1) is 18.7 Å². The Morgan fingerprint density at radius 2 is 1.91 bits per heavy atom. The molecule has 23 heavy (non-hydrogen) atoms. The van der Waals surface area contributed by atoms with Gasteiger partial charge in [0.15, 0.2) is 12.0 Å². The minimum Gasteiger partial charge on any atom is -0.466 e. The summed E-state index contributed by atoms with van der Waals surface area (Å²) in [4.78, 5) is 24.9. The molecule has 0 fully saturated rings. The highest BCUT2D eigenvalue weighted by molar-refractivity contribution is 6.01. The highest BCUT2D eigenvalue weighted by Gasteiger charge is 2.20. The normalized spacial score (nSPS) is 11.2. The number of rotatable bonds is 7. The summed E-state index contributed by atoms with van der Waals surface area (Å²) in [6.45, 7) is 5.49. The lowest BCUT2D eigenvalue weighted by Gasteiger charge is -2.16. The van der Waals surface area contributed by atoms with Gasteiger partial charge in [-0.25, -0.2) is 4.90 Å². The van der Waals surface area contributed by atoms with Crippen molar-refractivity contribution in [3.63, 3.8) is 0 Å². The van der Waals surface area contributed by atoms with Crippen LogP contribution in [-0.2, 0) is 9.53 Å². The Balaban J connectivity index is 2.83. The van der Waals surface area contributed by atoms with E-state index in [1.165, 1.54) is 4.90 Å². The first-order valence-electron chi connectivity index (χ1n) is 7.51. The van der Waals surface area contributed by atoms with Crippen LogP contribution in [0, 0.1) is 22.8 Å². The average Bonchev–Trinajstić information content (AvgIpc) is 2.55. The van der Waals surface area contributed by atoms with Gasteiger partial charge in [-0.15, -0.1) is 0 Å². The van der Waals surface area contributed by atoms with E-state index in [0.29, 0.717) is 24.3 Å². The summed E-state index contributed by atoms with van der Waals surface area (Å²) < 4.78 is 4.84. The molecule has 0 saturated carbocycles. The van der Waals surface area contributed by atoms with Crippen LogP contribution in [0.5, 0.6) is 0 Å². The van der Waals surface area contributed by atoms with E-state index in [4.69, 9.17) is 15.4 Å². The molecule has 6 nitrogen and oxygen atoms in total. The fourth-order valence-electron chi connectivity index (χ4n) is 2.05. The van der Waals surface area contributed by atoms with Crippen LogP contribution in [-0.4, -0.2) is 24.2 Å². The topological polar surface area (TPSA) is 94.2 Å². The molecule has 0 aliphatic carbocycles. The SMILES string of the molecule is CCOC(=O)CC(C)C(=O)c1ccc(N(C#N)C(=N)CC)cc1. The number of hydrogen-bond acceptors (Lipinski definition) is 5. The van der Waals surface area contributed by atoms with Gasteiger partial charge in [0.2, 0.25) is 0 Å². The number of carbonyl (C=O) groups is 2. The quantitative estimate of drug-likeness (QED) is 0.208. The van der Waals surface area contributed by atoms with Crippen LogP contribution < -0.4 is 4.90 Å². The third-order valence-corrected chi connectivity index (χ3v) is 3.34. The Morgan fingerprint density at radius 3 is 2.39 bits per heavy atom. The van der Waals surface area contributed by atoms with Crippen LogP contribution in [0.25, 0.3) is 0 Å². The smallest absolute Gasteiger partial charge is 0.306 e. The Labute approximate surface area is 136 Å². The molecule has 0 radical (unpaired) electrons. The fraction of sp³-hybridized carbons (Fsp3) is 0.412. The summed E-state index contributed by atoms with van der Waals surface area (Å²) in [6, 6.07) is 6.45. The van der Waals surface area contributed by atoms with Crippen molar-refractivity contribution in [1.29, 1.82) is 10.7 Å². The van der Waals surface area contributed by atoms with E-state index >= 15 is 0 Å². The van der Waals surface area contributed by atoms with Crippen molar-refractivity contribution in [2.24, 2.45) is 5.92 Å². The van der Waals surface area contributed by atoms with E-state index in [1.54, 1.807) is 45.0 Å². The standard InChI is InChI=1S/C17H21N3O3/c1-4-15(19)20(11-18)14-8-6-13(7-9-14)17(22)12(3)10-16(21)23-5-2/h6-9,12,19H,4-5,10H2,1-3H3. The maximum atomic E-state index is 12.3. The third-order valence-electron chi connectivity index (χ3n) is 3.34. The molecular formula is C17H21N3O3. The molecule has 1 unspecified atom stereocenters. The summed E-state index contributed by atoms with van der Waals surface area (Å²) in [5.41, 5.74) is 1.00. The van der Waals surface area contributed by atoms with Crippen LogP contribution in [0.2, 0.25) is 0 Å². The van der Waals surface area contributed by atoms with Gasteiger partial charge in [-0.3, -0.25) is 15.0 Å². The number of esters is 1. The van der Waals surface area contributed by atoms with Gasteiger partial charge in [-0.2, -0.15) is 5.26 Å². The van der Waals surface area contributed by atoms with Crippen molar-refractivity contribution < 1.29 is 14.3 Å². The van der Waals surface area contributed by atoms with E-state index in [0.717, 1.165) is 0 Å². The second-order valence-electron chi connectivity index (χ2n) is 5.06. The van der Waals surface area contributed by atoms with Crippen molar-refractivity contribution >= 4 is 23.3 Å². The maximum absolute atomic E-state index is 12.3. The first kappa shape index (κ1) is 18.4. The third kappa shape index (κ3) is 4.92. The van der Waals surface area contributed by atoms with Gasteiger partial charge in [0, 0.05) is 17.9 Å². The highest BCUT2D eigenvalue weighted by Crippen LogP contribution is 2.19. The molecule has 0 amide bonds. The molecular weight excluding hydrogens is 294 g/mol. The molecule has 0 aliphatic heterocycles. The Morgan fingerprint density at radius 1 is 1.30 bits per heavy atom. The molecule has 1 aromatic carbocycles. The molecule has 122 valence electrons. The summed E-state index contributed by atoms with van der Waals surface area (Å²) in [5, 5.41) is 16.9. The lowest BCUT2D eigenvalue weighted by atomic mass is 9.96. The summed E-state index contributed by atoms with van der Waals surface area (Å²) in [5.74, 6) is -0.834. The predicted molar refractivity (Wildman–Crippen MR) is 87.3 cm³/mol. The number of anilines is 1. The number of hydrogen-bond donors (Lipinski definition) is 1. The number of carbonyl (C=O) groups excluding carboxylic acids is 2. The largest absolute Gasteiger partial charge is 0.466 e. The van der Waals surface area contributed by atoms with Crippen LogP contribution in [0.4, 0.5) is 5.69 Å². The molecule has 0 saturated heterocycles. The molecule has 0 heterocycles. The second-order valence-corrected chi connectivity index (χ2v) is 5.06. The molecule has 0 aromatic heterocycles. The number of amidine groups is 1. The van der Waals surface area contributed by atoms with Crippen molar-refractivity contribution in [1.82, 2.24) is 0 Å². The van der Waals surface area contributed by atoms with Crippen LogP contribution in [0.15, 0.2) is 24.3 Å². The van der Waals surface area contributed by atoms with E-state index in [1.807, 2.05) is 6.19 Å². The molecule has 1 N–H and O–H groups in total. The Bertz CT molecular complexity index is 617. The number of ether oxygens (including phenoxy) is 1. The van der Waals surface area contributed by atoms with Gasteiger partial charge in [0.1, 0.15) is 5.84 Å². The lowest BCUT2D eigenvalue weighted by molar-refractivity contribution is -0.143. The van der Waals surface area contributed by atoms with Crippen LogP contribution in [0.1, 0.15) is 44.0 Å². The van der Waals surface area contributed by atoms with Gasteiger partial charge in [0.25, 0.3) is 0 Å². The van der Waals surface area contributed by atoms with E-state index in [9.17, 15) is 9.59 Å². The lowest BCUT2D eigenvalue weighted by Crippen LogP contribution is -2.24. The van der Waals surface area contributed by atoms with E-state index < -0.39 is 11.9 Å². The van der Waals surface area contributed by atoms with Crippen molar-refractivity contribution in [3.05, 3.63) is 29.8 Å². The predicted octanol–water partition coefficient (Wildman–Crippen LogP) is 3.13. The van der Waals surface area contributed by atoms with Crippen molar-refractivity contribution in [3.8, 4) is 6.19 Å². The molecule has 0 spiro atoms. The molecule has 6 heteroatoms. The first-order chi connectivity index (χ1) is 10.9. The zero-order valence-electron chi connectivity index (χ0n) is 13.6. The van der Waals surface area contributed by atoms with Crippen LogP contribution in [0.3, 0.4) is 0 Å². The number of Topliss-reactive ketones (excluding diaryl/α,β-unsaturated/α-hetero) is 1. The average molecular weight is 315 g/mol. The Hall–Kier alpha value is -2.68. The van der Waals surface area contributed by atoms with Crippen LogP contribution >= 0.6 is 0 Å². The highest BCUT2D eigenvalue weighted by atomic mass is 16.5. The second kappa shape index (κ2) is 8.69.